The topological polar surface area (TPSA) is 80.4 Å². The van der Waals surface area contributed by atoms with Gasteiger partial charge in [-0.3, -0.25) is 0 Å². The number of sulfone groups is 1. The number of nitrogens with two attached hydrogens (primary N) is 1. The minimum Gasteiger partial charge on any atom is -0.389 e. The number of hydrogen-bond donors (Lipinski definition) is 2. The van der Waals surface area contributed by atoms with E-state index in [4.69, 9.17) is 5.73 Å². The Balaban J connectivity index is 2.73. The Kier molecular flexibility index (Phi) is 3.79. The third-order valence-electron chi connectivity index (χ3n) is 3.52. The quantitative estimate of drug-likeness (QED) is 0.737. The van der Waals surface area contributed by atoms with Crippen LogP contribution in [-0.2, 0) is 9.84 Å². The Hall–Kier alpha value is -0.130. The van der Waals surface area contributed by atoms with Crippen LogP contribution < -0.4 is 5.73 Å². The van der Waals surface area contributed by atoms with E-state index in [0.29, 0.717) is 6.42 Å². The van der Waals surface area contributed by atoms with Gasteiger partial charge in [0.15, 0.2) is 0 Å². The van der Waals surface area contributed by atoms with Gasteiger partial charge >= 0.3 is 0 Å². The van der Waals surface area contributed by atoms with Crippen LogP contribution in [0.4, 0.5) is 0 Å². The summed E-state index contributed by atoms with van der Waals surface area (Å²) in [5, 5.41) is 9.71. The van der Waals surface area contributed by atoms with E-state index in [2.05, 4.69) is 0 Å². The maximum Gasteiger partial charge on any atom is 0.150 e. The normalized spacial score (nSPS) is 32.3. The standard InChI is InChI=1S/C10H21NO3S/c1-10(12,7-11)8-4-3-5-9(6-8)15(2,13)14/h8-9,12H,3-7,11H2,1-2H3. The fraction of sp³-hybridized carbons (Fsp3) is 1.00. The summed E-state index contributed by atoms with van der Waals surface area (Å²) >= 11 is 0. The molecule has 90 valence electrons. The number of hydrogen-bond acceptors (Lipinski definition) is 4. The summed E-state index contributed by atoms with van der Waals surface area (Å²) in [5.41, 5.74) is 4.56. The molecular weight excluding hydrogens is 214 g/mol. The van der Waals surface area contributed by atoms with E-state index in [1.54, 1.807) is 6.92 Å². The van der Waals surface area contributed by atoms with Gasteiger partial charge in [0.1, 0.15) is 9.84 Å². The summed E-state index contributed by atoms with van der Waals surface area (Å²) < 4.78 is 22.9. The van der Waals surface area contributed by atoms with Crippen molar-refractivity contribution >= 4 is 9.84 Å². The van der Waals surface area contributed by atoms with Crippen molar-refractivity contribution in [1.29, 1.82) is 0 Å². The van der Waals surface area contributed by atoms with Crippen molar-refractivity contribution in [3.8, 4) is 0 Å². The summed E-state index contributed by atoms with van der Waals surface area (Å²) in [5.74, 6) is 0.0102. The first-order valence-corrected chi connectivity index (χ1v) is 7.34. The Morgan fingerprint density at radius 1 is 1.47 bits per heavy atom. The molecule has 1 rings (SSSR count). The summed E-state index contributed by atoms with van der Waals surface area (Å²) in [6, 6.07) is 0. The van der Waals surface area contributed by atoms with Gasteiger partial charge in [-0.1, -0.05) is 6.42 Å². The van der Waals surface area contributed by atoms with Gasteiger partial charge in [0.2, 0.25) is 0 Å². The van der Waals surface area contributed by atoms with Crippen molar-refractivity contribution in [2.75, 3.05) is 12.8 Å². The van der Waals surface area contributed by atoms with E-state index >= 15 is 0 Å². The molecule has 0 saturated heterocycles. The molecule has 3 unspecified atom stereocenters. The van der Waals surface area contributed by atoms with Crippen LogP contribution in [0.5, 0.6) is 0 Å². The van der Waals surface area contributed by atoms with Gasteiger partial charge in [0, 0.05) is 12.8 Å². The largest absolute Gasteiger partial charge is 0.389 e. The lowest BCUT2D eigenvalue weighted by Crippen LogP contribution is -2.45. The van der Waals surface area contributed by atoms with Crippen LogP contribution in [0.15, 0.2) is 0 Å². The minimum absolute atomic E-state index is 0.0102. The first kappa shape index (κ1) is 12.9. The van der Waals surface area contributed by atoms with E-state index < -0.39 is 15.4 Å². The van der Waals surface area contributed by atoms with Crippen molar-refractivity contribution in [2.45, 2.75) is 43.5 Å². The molecule has 5 heteroatoms. The van der Waals surface area contributed by atoms with Gasteiger partial charge in [-0.15, -0.1) is 0 Å². The molecule has 1 saturated carbocycles. The van der Waals surface area contributed by atoms with Crippen molar-refractivity contribution < 1.29 is 13.5 Å². The molecule has 1 aliphatic rings. The smallest absolute Gasteiger partial charge is 0.150 e. The zero-order chi connectivity index (χ0) is 11.7. The van der Waals surface area contributed by atoms with Gasteiger partial charge in [-0.25, -0.2) is 8.42 Å². The minimum atomic E-state index is -2.98. The molecule has 3 N–H and O–H groups in total. The van der Waals surface area contributed by atoms with Crippen molar-refractivity contribution in [2.24, 2.45) is 11.7 Å². The fourth-order valence-electron chi connectivity index (χ4n) is 2.27. The highest BCUT2D eigenvalue weighted by Gasteiger charge is 2.37. The molecule has 4 nitrogen and oxygen atoms in total. The lowest BCUT2D eigenvalue weighted by Gasteiger charge is -2.37. The first-order chi connectivity index (χ1) is 6.77. The third kappa shape index (κ3) is 3.16. The second-order valence-corrected chi connectivity index (χ2v) is 7.20. The molecule has 0 heterocycles. The molecule has 0 aromatic heterocycles. The van der Waals surface area contributed by atoms with E-state index in [0.717, 1.165) is 19.3 Å². The molecule has 1 aliphatic carbocycles. The summed E-state index contributed by atoms with van der Waals surface area (Å²) in [4.78, 5) is 0. The number of rotatable bonds is 3. The van der Waals surface area contributed by atoms with E-state index in [-0.39, 0.29) is 17.7 Å². The molecule has 0 amide bonds. The zero-order valence-electron chi connectivity index (χ0n) is 9.44. The molecule has 0 radical (unpaired) electrons. The van der Waals surface area contributed by atoms with Crippen LogP contribution in [0.25, 0.3) is 0 Å². The summed E-state index contributed by atoms with van der Waals surface area (Å²) in [6.07, 6.45) is 4.27. The molecule has 0 aromatic carbocycles. The van der Waals surface area contributed by atoms with Gasteiger partial charge in [-0.05, 0) is 32.1 Å². The SMILES string of the molecule is CC(O)(CN)C1CCCC(S(C)(=O)=O)C1. The molecular formula is C10H21NO3S. The van der Waals surface area contributed by atoms with Crippen LogP contribution in [0.3, 0.4) is 0 Å². The van der Waals surface area contributed by atoms with E-state index in [9.17, 15) is 13.5 Å². The monoisotopic (exact) mass is 235 g/mol. The fourth-order valence-corrected chi connectivity index (χ4v) is 3.44. The van der Waals surface area contributed by atoms with Gasteiger partial charge in [0.05, 0.1) is 10.9 Å². The van der Waals surface area contributed by atoms with Crippen LogP contribution in [-0.4, -0.2) is 37.2 Å². The zero-order valence-corrected chi connectivity index (χ0v) is 10.3. The average Bonchev–Trinajstić information content (AvgIpc) is 2.17. The molecule has 1 fully saturated rings. The van der Waals surface area contributed by atoms with Crippen molar-refractivity contribution in [3.63, 3.8) is 0 Å². The Bertz CT molecular complexity index is 311. The van der Waals surface area contributed by atoms with Crippen LogP contribution in [0, 0.1) is 5.92 Å². The Morgan fingerprint density at radius 2 is 2.07 bits per heavy atom. The highest BCUT2D eigenvalue weighted by atomic mass is 32.2. The van der Waals surface area contributed by atoms with Gasteiger partial charge in [0.25, 0.3) is 0 Å². The second kappa shape index (κ2) is 4.39. The molecule has 0 bridgehead atoms. The summed E-state index contributed by atoms with van der Waals surface area (Å²) in [6.45, 7) is 1.89. The molecule has 3 atom stereocenters. The lowest BCUT2D eigenvalue weighted by atomic mass is 9.78. The number of aliphatic hydroxyl groups is 1. The Morgan fingerprint density at radius 3 is 2.53 bits per heavy atom. The first-order valence-electron chi connectivity index (χ1n) is 5.38. The molecule has 15 heavy (non-hydrogen) atoms. The molecule has 0 aliphatic heterocycles. The van der Waals surface area contributed by atoms with E-state index in [1.807, 2.05) is 0 Å². The van der Waals surface area contributed by atoms with Crippen LogP contribution >= 0.6 is 0 Å². The summed E-state index contributed by atoms with van der Waals surface area (Å²) in [7, 11) is -2.98. The van der Waals surface area contributed by atoms with Crippen molar-refractivity contribution in [1.82, 2.24) is 0 Å². The van der Waals surface area contributed by atoms with Crippen LogP contribution in [0.1, 0.15) is 32.6 Å². The highest BCUT2D eigenvalue weighted by Crippen LogP contribution is 2.34. The molecule has 0 spiro atoms. The maximum absolute atomic E-state index is 11.4. The van der Waals surface area contributed by atoms with Gasteiger partial charge in [-0.2, -0.15) is 0 Å². The Labute approximate surface area is 91.8 Å². The predicted octanol–water partition coefficient (Wildman–Crippen LogP) is 0.299. The van der Waals surface area contributed by atoms with Crippen molar-refractivity contribution in [3.05, 3.63) is 0 Å². The third-order valence-corrected chi connectivity index (χ3v) is 5.16. The molecule has 0 aromatic rings. The lowest BCUT2D eigenvalue weighted by molar-refractivity contribution is -0.00741. The van der Waals surface area contributed by atoms with E-state index in [1.165, 1.54) is 6.26 Å². The average molecular weight is 235 g/mol. The van der Waals surface area contributed by atoms with Crippen LogP contribution in [0.2, 0.25) is 0 Å². The predicted molar refractivity (Wildman–Crippen MR) is 60.3 cm³/mol. The van der Waals surface area contributed by atoms with Gasteiger partial charge < -0.3 is 10.8 Å². The second-order valence-electron chi connectivity index (χ2n) is 4.88. The highest BCUT2D eigenvalue weighted by molar-refractivity contribution is 7.91. The maximum atomic E-state index is 11.4.